The summed E-state index contributed by atoms with van der Waals surface area (Å²) < 4.78 is 45.6. The lowest BCUT2D eigenvalue weighted by Gasteiger charge is -2.46. The lowest BCUT2D eigenvalue weighted by atomic mass is 9.72. The molecule has 0 saturated heterocycles. The van der Waals surface area contributed by atoms with Crippen LogP contribution in [0.5, 0.6) is 11.5 Å². The van der Waals surface area contributed by atoms with Gasteiger partial charge in [0, 0.05) is 24.4 Å². The van der Waals surface area contributed by atoms with Gasteiger partial charge in [-0.15, -0.1) is 0 Å². The molecule has 2 aromatic rings. The Morgan fingerprint density at radius 1 is 0.886 bits per heavy atom. The summed E-state index contributed by atoms with van der Waals surface area (Å²) in [6.45, 7) is 6.20. The predicted molar refractivity (Wildman–Crippen MR) is 169 cm³/mol. The van der Waals surface area contributed by atoms with E-state index in [0.29, 0.717) is 42.0 Å². The fourth-order valence-corrected chi connectivity index (χ4v) is 8.15. The maximum absolute atomic E-state index is 13.1. The van der Waals surface area contributed by atoms with E-state index >= 15 is 0 Å². The normalized spacial score (nSPS) is 18.6. The van der Waals surface area contributed by atoms with Gasteiger partial charge < -0.3 is 39.1 Å². The Morgan fingerprint density at radius 2 is 1.41 bits per heavy atom. The third-order valence-electron chi connectivity index (χ3n) is 8.39. The van der Waals surface area contributed by atoms with Gasteiger partial charge in [0.05, 0.1) is 19.8 Å². The zero-order chi connectivity index (χ0) is 33.5. The molecule has 0 aliphatic carbocycles. The second-order valence-corrected chi connectivity index (χ2v) is 14.5. The molecule has 12 nitrogen and oxygen atoms in total. The van der Waals surface area contributed by atoms with E-state index in [0.717, 1.165) is 0 Å². The van der Waals surface area contributed by atoms with Gasteiger partial charge in [-0.1, -0.05) is 45.0 Å². The van der Waals surface area contributed by atoms with Crippen molar-refractivity contribution >= 4 is 15.6 Å². The molecule has 0 aliphatic rings. The minimum Gasteiger partial charge on any atom is -0.497 e. The number of methoxy groups -OCH3 is 2. The average molecular weight is 661 g/mol. The first-order valence-corrected chi connectivity index (χ1v) is 17.5. The molecule has 2 aromatic carbocycles. The van der Waals surface area contributed by atoms with Crippen molar-refractivity contribution in [3.8, 4) is 11.5 Å². The van der Waals surface area contributed by atoms with Crippen LogP contribution >= 0.6 is 15.6 Å². The molecule has 0 spiro atoms. The quantitative estimate of drug-likeness (QED) is 0.159. The Morgan fingerprint density at radius 3 is 1.86 bits per heavy atom. The van der Waals surface area contributed by atoms with E-state index in [4.69, 9.17) is 14.0 Å². The average Bonchev–Trinajstić information content (AvgIpc) is 2.93. The van der Waals surface area contributed by atoms with E-state index in [1.807, 2.05) is 76.1 Å². The molecular weight excluding hydrogens is 610 g/mol. The monoisotopic (exact) mass is 660 g/mol. The van der Waals surface area contributed by atoms with Crippen LogP contribution in [0.3, 0.4) is 0 Å². The van der Waals surface area contributed by atoms with Crippen LogP contribution < -0.4 is 9.47 Å². The smallest absolute Gasteiger partial charge is 0.481 e. The van der Waals surface area contributed by atoms with E-state index in [2.05, 4.69) is 4.31 Å². The first kappa shape index (κ1) is 38.4. The van der Waals surface area contributed by atoms with Gasteiger partial charge in [-0.2, -0.15) is 4.31 Å². The Balaban J connectivity index is 2.65. The molecule has 0 aliphatic heterocycles. The summed E-state index contributed by atoms with van der Waals surface area (Å²) >= 11 is 0. The fourth-order valence-electron chi connectivity index (χ4n) is 6.13. The fraction of sp³-hybridized carbons (Fsp3) is 0.600. The highest BCUT2D eigenvalue weighted by molar-refractivity contribution is 7.60. The standard InChI is InChI=1S/C30H50N2O10P2/c1-10-30(25-14-12-16-27(20-25)40-9,41-44(37,38)42-43(34,35)36)23(3)28(32(6)7)17-18-29(33,22(2)21-31(4)5)24-13-11-15-26(19-24)39-8/h11-16,19-20,22-23,28,33H,10,17-18,21H2,1-9H3,(H,37,38)(H2,34,35,36)/t22?,23-,28?,29?,30+/m0/s1. The molecule has 0 radical (unpaired) electrons. The molecule has 0 amide bonds. The van der Waals surface area contributed by atoms with Crippen LogP contribution in [-0.2, 0) is 29.2 Å². The number of ether oxygens (including phenoxy) is 2. The van der Waals surface area contributed by atoms with Gasteiger partial charge in [0.15, 0.2) is 0 Å². The summed E-state index contributed by atoms with van der Waals surface area (Å²) in [7, 11) is 0.00711. The van der Waals surface area contributed by atoms with E-state index in [9.17, 15) is 28.9 Å². The summed E-state index contributed by atoms with van der Waals surface area (Å²) in [6.07, 6.45) is 0.873. The van der Waals surface area contributed by atoms with Gasteiger partial charge >= 0.3 is 15.6 Å². The molecule has 14 heteroatoms. The van der Waals surface area contributed by atoms with Gasteiger partial charge in [-0.25, -0.2) is 9.13 Å². The second-order valence-electron chi connectivity index (χ2n) is 11.8. The zero-order valence-electron chi connectivity index (χ0n) is 27.2. The highest BCUT2D eigenvalue weighted by Crippen LogP contribution is 2.62. The number of phosphoric acid groups is 2. The van der Waals surface area contributed by atoms with Crippen LogP contribution in [0.4, 0.5) is 0 Å². The van der Waals surface area contributed by atoms with Crippen LogP contribution in [0, 0.1) is 11.8 Å². The lowest BCUT2D eigenvalue weighted by Crippen LogP contribution is -2.48. The van der Waals surface area contributed by atoms with Crippen molar-refractivity contribution in [3.63, 3.8) is 0 Å². The van der Waals surface area contributed by atoms with Crippen molar-refractivity contribution in [2.45, 2.75) is 57.3 Å². The molecule has 6 atom stereocenters. The van der Waals surface area contributed by atoms with Gasteiger partial charge in [0.2, 0.25) is 0 Å². The van der Waals surface area contributed by atoms with Crippen LogP contribution in [-0.4, -0.2) is 84.6 Å². The molecule has 0 bridgehead atoms. The molecule has 0 aromatic heterocycles. The molecule has 0 fully saturated rings. The van der Waals surface area contributed by atoms with Crippen molar-refractivity contribution in [3.05, 3.63) is 59.7 Å². The van der Waals surface area contributed by atoms with E-state index in [1.54, 1.807) is 38.3 Å². The predicted octanol–water partition coefficient (Wildman–Crippen LogP) is 4.97. The number of nitrogens with zero attached hydrogens (tertiary/aromatic N) is 2. The SMILES string of the molecule is CC[C@](OP(=O)(O)OP(=O)(O)O)(c1cccc(OC)c1)[C@@H](C)C(CCC(O)(c1cccc(OC)c1)C(C)CN(C)C)N(C)C. The van der Waals surface area contributed by atoms with Crippen molar-refractivity contribution in [2.75, 3.05) is 49.0 Å². The Labute approximate surface area is 261 Å². The van der Waals surface area contributed by atoms with Gasteiger partial charge in [-0.3, -0.25) is 4.52 Å². The second kappa shape index (κ2) is 15.6. The molecular formula is C30H50N2O10P2. The molecule has 4 N–H and O–H groups in total. The summed E-state index contributed by atoms with van der Waals surface area (Å²) in [5, 5.41) is 12.4. The van der Waals surface area contributed by atoms with Crippen LogP contribution in [0.1, 0.15) is 51.2 Å². The molecule has 250 valence electrons. The third-order valence-corrected chi connectivity index (χ3v) is 10.6. The third kappa shape index (κ3) is 9.84. The van der Waals surface area contributed by atoms with Crippen molar-refractivity contribution < 1.29 is 47.2 Å². The van der Waals surface area contributed by atoms with Crippen LogP contribution in [0.2, 0.25) is 0 Å². The van der Waals surface area contributed by atoms with Gasteiger partial charge in [0.1, 0.15) is 17.1 Å². The summed E-state index contributed by atoms with van der Waals surface area (Å²) in [5.74, 6) is 0.318. The van der Waals surface area contributed by atoms with Crippen LogP contribution in [0.15, 0.2) is 48.5 Å². The number of rotatable bonds is 18. The minimum absolute atomic E-state index is 0.137. The van der Waals surface area contributed by atoms with Crippen molar-refractivity contribution in [1.29, 1.82) is 0 Å². The van der Waals surface area contributed by atoms with E-state index in [-0.39, 0.29) is 18.4 Å². The molecule has 44 heavy (non-hydrogen) atoms. The lowest BCUT2D eigenvalue weighted by molar-refractivity contribution is -0.0656. The van der Waals surface area contributed by atoms with Gasteiger partial charge in [-0.05, 0) is 82.8 Å². The molecule has 4 unspecified atom stereocenters. The maximum atomic E-state index is 13.1. The topological polar surface area (TPSA) is 158 Å². The number of aliphatic hydroxyl groups is 1. The summed E-state index contributed by atoms with van der Waals surface area (Å²) in [5.41, 5.74) is -1.66. The van der Waals surface area contributed by atoms with Crippen molar-refractivity contribution in [1.82, 2.24) is 9.80 Å². The summed E-state index contributed by atoms with van der Waals surface area (Å²) in [6, 6.07) is 13.8. The maximum Gasteiger partial charge on any atom is 0.481 e. The molecule has 2 rings (SSSR count). The Kier molecular flexibility index (Phi) is 13.6. The highest BCUT2D eigenvalue weighted by atomic mass is 31.3. The number of hydrogen-bond donors (Lipinski definition) is 4. The molecule has 0 heterocycles. The number of phosphoric ester groups is 1. The van der Waals surface area contributed by atoms with E-state index < -0.39 is 32.8 Å². The highest BCUT2D eigenvalue weighted by Gasteiger charge is 2.50. The largest absolute Gasteiger partial charge is 0.497 e. The van der Waals surface area contributed by atoms with Crippen LogP contribution in [0.25, 0.3) is 0 Å². The zero-order valence-corrected chi connectivity index (χ0v) is 29.0. The van der Waals surface area contributed by atoms with Gasteiger partial charge in [0.25, 0.3) is 0 Å². The minimum atomic E-state index is -5.38. The number of hydrogen-bond acceptors (Lipinski definition) is 9. The molecule has 0 saturated carbocycles. The summed E-state index contributed by atoms with van der Waals surface area (Å²) in [4.78, 5) is 33.3. The van der Waals surface area contributed by atoms with Crippen molar-refractivity contribution in [2.24, 2.45) is 11.8 Å². The Bertz CT molecular complexity index is 1310. The van der Waals surface area contributed by atoms with E-state index in [1.165, 1.54) is 7.11 Å². The first-order valence-electron chi connectivity index (χ1n) is 14.5. The Hall–Kier alpha value is -1.82. The first-order chi connectivity index (χ1) is 20.3. The number of benzene rings is 2.